The van der Waals surface area contributed by atoms with Gasteiger partial charge in [0.2, 0.25) is 0 Å². The van der Waals surface area contributed by atoms with Gasteiger partial charge in [-0.2, -0.15) is 0 Å². The number of benzene rings is 2. The van der Waals surface area contributed by atoms with Crippen molar-refractivity contribution in [1.29, 1.82) is 0 Å². The van der Waals surface area contributed by atoms with Crippen LogP contribution in [0, 0.1) is 13.8 Å². The highest BCUT2D eigenvalue weighted by Gasteiger charge is 2.26. The molecule has 1 aromatic heterocycles. The predicted octanol–water partition coefficient (Wildman–Crippen LogP) is 4.67. The van der Waals surface area contributed by atoms with Crippen molar-refractivity contribution in [2.24, 2.45) is 0 Å². The Morgan fingerprint density at radius 3 is 2.62 bits per heavy atom. The van der Waals surface area contributed by atoms with Crippen LogP contribution in [0.3, 0.4) is 0 Å². The van der Waals surface area contributed by atoms with Crippen molar-refractivity contribution in [3.05, 3.63) is 64.0 Å². The average molecular weight is 363 g/mol. The fourth-order valence-electron chi connectivity index (χ4n) is 3.38. The quantitative estimate of drug-likeness (QED) is 0.735. The Balaban J connectivity index is 1.65. The highest BCUT2D eigenvalue weighted by molar-refractivity contribution is 7.15. The van der Waals surface area contributed by atoms with Crippen molar-refractivity contribution >= 4 is 28.1 Å². The maximum absolute atomic E-state index is 12.9. The van der Waals surface area contributed by atoms with Gasteiger partial charge in [0.1, 0.15) is 0 Å². The van der Waals surface area contributed by atoms with E-state index in [1.54, 1.807) is 11.3 Å². The van der Waals surface area contributed by atoms with E-state index < -0.39 is 0 Å². The molecule has 0 unspecified atom stereocenters. The zero-order valence-corrected chi connectivity index (χ0v) is 16.0. The lowest BCUT2D eigenvalue weighted by Gasteiger charge is -2.17. The number of carbonyl (C=O) groups excluding carboxylic acids is 1. The number of aromatic nitrogens is 1. The molecule has 2 aromatic carbocycles. The zero-order valence-electron chi connectivity index (χ0n) is 15.2. The summed E-state index contributed by atoms with van der Waals surface area (Å²) >= 11 is 1.66. The summed E-state index contributed by atoms with van der Waals surface area (Å²) in [6.07, 6.45) is 0.878. The molecule has 0 fully saturated rings. The highest BCUT2D eigenvalue weighted by atomic mass is 32.1. The molecule has 26 heavy (non-hydrogen) atoms. The lowest BCUT2D eigenvalue weighted by molar-refractivity contribution is 0.0989. The molecule has 0 aliphatic carbocycles. The van der Waals surface area contributed by atoms with Crippen LogP contribution < -0.4 is 10.2 Å². The predicted molar refractivity (Wildman–Crippen MR) is 108 cm³/mol. The standard InChI is InChI=1S/C21H21N3OS/c1-13-4-6-15(7-5-13)20(25)24-11-10-16-12-17(8-9-18(16)24)19-14(2)26-21(22-3)23-19/h4-9,12H,10-11H2,1-3H3,(H,22,23). The molecule has 3 aromatic rings. The second kappa shape index (κ2) is 6.57. The maximum atomic E-state index is 12.9. The highest BCUT2D eigenvalue weighted by Crippen LogP contribution is 2.36. The molecule has 2 heterocycles. The molecule has 4 nitrogen and oxygen atoms in total. The van der Waals surface area contributed by atoms with Crippen molar-refractivity contribution in [3.8, 4) is 11.3 Å². The number of rotatable bonds is 3. The van der Waals surface area contributed by atoms with Crippen LogP contribution in [0.2, 0.25) is 0 Å². The van der Waals surface area contributed by atoms with Crippen LogP contribution >= 0.6 is 11.3 Å². The van der Waals surface area contributed by atoms with Crippen molar-refractivity contribution in [2.45, 2.75) is 20.3 Å². The molecule has 4 rings (SSSR count). The summed E-state index contributed by atoms with van der Waals surface area (Å²) in [5, 5.41) is 4.03. The normalized spacial score (nSPS) is 13.0. The lowest BCUT2D eigenvalue weighted by Crippen LogP contribution is -2.28. The van der Waals surface area contributed by atoms with Gasteiger partial charge in [0, 0.05) is 35.3 Å². The summed E-state index contributed by atoms with van der Waals surface area (Å²) < 4.78 is 0. The van der Waals surface area contributed by atoms with E-state index in [4.69, 9.17) is 0 Å². The topological polar surface area (TPSA) is 45.2 Å². The third-order valence-corrected chi connectivity index (χ3v) is 5.79. The van der Waals surface area contributed by atoms with E-state index in [0.717, 1.165) is 46.2 Å². The van der Waals surface area contributed by atoms with E-state index in [9.17, 15) is 4.79 Å². The van der Waals surface area contributed by atoms with Gasteiger partial charge < -0.3 is 10.2 Å². The van der Waals surface area contributed by atoms with Gasteiger partial charge in [-0.3, -0.25) is 4.79 Å². The summed E-state index contributed by atoms with van der Waals surface area (Å²) in [7, 11) is 1.89. The van der Waals surface area contributed by atoms with Gasteiger partial charge in [-0.1, -0.05) is 23.8 Å². The Morgan fingerprint density at radius 2 is 1.92 bits per heavy atom. The number of hydrogen-bond donors (Lipinski definition) is 1. The monoisotopic (exact) mass is 363 g/mol. The molecule has 132 valence electrons. The van der Waals surface area contributed by atoms with Gasteiger partial charge in [-0.25, -0.2) is 4.98 Å². The zero-order chi connectivity index (χ0) is 18.3. The fourth-order valence-corrected chi connectivity index (χ4v) is 4.17. The second-order valence-corrected chi connectivity index (χ2v) is 7.79. The maximum Gasteiger partial charge on any atom is 0.258 e. The summed E-state index contributed by atoms with van der Waals surface area (Å²) in [5.41, 5.74) is 6.26. The van der Waals surface area contributed by atoms with Crippen molar-refractivity contribution in [2.75, 3.05) is 23.8 Å². The number of nitrogens with one attached hydrogen (secondary N) is 1. The van der Waals surface area contributed by atoms with Crippen LogP contribution in [0.25, 0.3) is 11.3 Å². The molecule has 0 saturated carbocycles. The van der Waals surface area contributed by atoms with Gasteiger partial charge in [-0.15, -0.1) is 11.3 Å². The number of amides is 1. The number of anilines is 2. The first-order valence-corrected chi connectivity index (χ1v) is 9.55. The van der Waals surface area contributed by atoms with Gasteiger partial charge in [-0.05, 0) is 50.1 Å². The van der Waals surface area contributed by atoms with Crippen molar-refractivity contribution in [1.82, 2.24) is 4.98 Å². The van der Waals surface area contributed by atoms with Crippen LogP contribution in [-0.4, -0.2) is 24.5 Å². The first kappa shape index (κ1) is 16.8. The Morgan fingerprint density at radius 1 is 1.15 bits per heavy atom. The minimum Gasteiger partial charge on any atom is -0.365 e. The van der Waals surface area contributed by atoms with Gasteiger partial charge in [0.25, 0.3) is 5.91 Å². The van der Waals surface area contributed by atoms with Crippen LogP contribution in [-0.2, 0) is 6.42 Å². The molecule has 0 atom stereocenters. The number of hydrogen-bond acceptors (Lipinski definition) is 4. The molecule has 0 radical (unpaired) electrons. The summed E-state index contributed by atoms with van der Waals surface area (Å²) in [6, 6.07) is 14.1. The van der Waals surface area contributed by atoms with Crippen LogP contribution in [0.4, 0.5) is 10.8 Å². The number of fused-ring (bicyclic) bond motifs is 1. The molecular weight excluding hydrogens is 342 g/mol. The van der Waals surface area contributed by atoms with E-state index >= 15 is 0 Å². The number of nitrogens with zero attached hydrogens (tertiary/aromatic N) is 2. The van der Waals surface area contributed by atoms with Crippen LogP contribution in [0.15, 0.2) is 42.5 Å². The summed E-state index contributed by atoms with van der Waals surface area (Å²) in [6.45, 7) is 4.85. The molecule has 0 bridgehead atoms. The second-order valence-electron chi connectivity index (χ2n) is 6.59. The summed E-state index contributed by atoms with van der Waals surface area (Å²) in [5.74, 6) is 0.0683. The minimum absolute atomic E-state index is 0.0683. The first-order chi connectivity index (χ1) is 12.6. The molecule has 5 heteroatoms. The third kappa shape index (κ3) is 2.88. The average Bonchev–Trinajstić information content (AvgIpc) is 3.24. The molecule has 0 spiro atoms. The van der Waals surface area contributed by atoms with Crippen molar-refractivity contribution in [3.63, 3.8) is 0 Å². The smallest absolute Gasteiger partial charge is 0.258 e. The Kier molecular flexibility index (Phi) is 4.24. The van der Waals surface area contributed by atoms with E-state index in [1.807, 2.05) is 43.1 Å². The molecule has 1 aliphatic heterocycles. The van der Waals surface area contributed by atoms with E-state index in [2.05, 4.69) is 35.4 Å². The Bertz CT molecular complexity index is 975. The SMILES string of the molecule is CNc1nc(-c2ccc3c(c2)CCN3C(=O)c2ccc(C)cc2)c(C)s1. The number of aryl methyl sites for hydroxylation is 2. The van der Waals surface area contributed by atoms with Gasteiger partial charge >= 0.3 is 0 Å². The minimum atomic E-state index is 0.0683. The van der Waals surface area contributed by atoms with Crippen LogP contribution in [0.5, 0.6) is 0 Å². The molecule has 1 aliphatic rings. The van der Waals surface area contributed by atoms with E-state index in [0.29, 0.717) is 0 Å². The summed E-state index contributed by atoms with van der Waals surface area (Å²) in [4.78, 5) is 20.6. The first-order valence-electron chi connectivity index (χ1n) is 8.74. The lowest BCUT2D eigenvalue weighted by atomic mass is 10.1. The largest absolute Gasteiger partial charge is 0.365 e. The number of thiazole rings is 1. The van der Waals surface area contributed by atoms with E-state index in [-0.39, 0.29) is 5.91 Å². The van der Waals surface area contributed by atoms with Crippen molar-refractivity contribution < 1.29 is 4.79 Å². The molecule has 1 amide bonds. The van der Waals surface area contributed by atoms with Gasteiger partial charge in [0.15, 0.2) is 5.13 Å². The third-order valence-electron chi connectivity index (χ3n) is 4.80. The van der Waals surface area contributed by atoms with Gasteiger partial charge in [0.05, 0.1) is 5.69 Å². The Labute approximate surface area is 157 Å². The van der Waals surface area contributed by atoms with E-state index in [1.165, 1.54) is 10.4 Å². The number of carbonyl (C=O) groups is 1. The molecular formula is C21H21N3OS. The molecule has 0 saturated heterocycles. The fraction of sp³-hybridized carbons (Fsp3) is 0.238. The van der Waals surface area contributed by atoms with Crippen LogP contribution in [0.1, 0.15) is 26.4 Å². The Hall–Kier alpha value is -2.66. The molecule has 1 N–H and O–H groups in total.